The molecule has 6 nitrogen and oxygen atoms in total. The standard InChI is InChI=1S/C24H36N4O2.HI/c1-5-16-30-22-17-19(3)12-13-21(22)18-27-24(25-6-2)26-14-7-8-15-28-20(4)10-9-11-23(28)29;/h9-13,17H,5-8,14-16,18H2,1-4H3,(H2,25,26,27);1H. The lowest BCUT2D eigenvalue weighted by Crippen LogP contribution is -2.37. The quantitative estimate of drug-likeness (QED) is 0.192. The molecule has 0 spiro atoms. The lowest BCUT2D eigenvalue weighted by atomic mass is 10.1. The summed E-state index contributed by atoms with van der Waals surface area (Å²) in [7, 11) is 0. The molecule has 0 amide bonds. The van der Waals surface area contributed by atoms with Crippen LogP contribution in [0.25, 0.3) is 0 Å². The van der Waals surface area contributed by atoms with Crippen LogP contribution in [0.5, 0.6) is 5.75 Å². The maximum Gasteiger partial charge on any atom is 0.250 e. The normalized spacial score (nSPS) is 11.0. The van der Waals surface area contributed by atoms with Gasteiger partial charge in [0.05, 0.1) is 13.2 Å². The zero-order chi connectivity index (χ0) is 21.8. The van der Waals surface area contributed by atoms with Crippen LogP contribution in [0.4, 0.5) is 0 Å². The minimum absolute atomic E-state index is 0. The molecule has 0 saturated carbocycles. The summed E-state index contributed by atoms with van der Waals surface area (Å²) < 4.78 is 7.72. The molecule has 0 fully saturated rings. The van der Waals surface area contributed by atoms with Gasteiger partial charge in [-0.25, -0.2) is 4.99 Å². The van der Waals surface area contributed by atoms with Crippen LogP contribution >= 0.6 is 24.0 Å². The highest BCUT2D eigenvalue weighted by molar-refractivity contribution is 14.0. The molecule has 2 N–H and O–H groups in total. The number of aliphatic imine (C=N–C) groups is 1. The van der Waals surface area contributed by atoms with Crippen molar-refractivity contribution in [3.63, 3.8) is 0 Å². The van der Waals surface area contributed by atoms with E-state index in [1.807, 2.05) is 23.6 Å². The number of unbranched alkanes of at least 4 members (excludes halogenated alkanes) is 1. The van der Waals surface area contributed by atoms with Crippen LogP contribution in [0.3, 0.4) is 0 Å². The van der Waals surface area contributed by atoms with E-state index in [2.05, 4.69) is 49.6 Å². The number of hydrogen-bond donors (Lipinski definition) is 2. The third-order valence-electron chi connectivity index (χ3n) is 4.81. The van der Waals surface area contributed by atoms with Crippen LogP contribution in [0, 0.1) is 13.8 Å². The van der Waals surface area contributed by atoms with Crippen molar-refractivity contribution in [3.8, 4) is 5.75 Å². The molecule has 7 heteroatoms. The first-order chi connectivity index (χ1) is 14.5. The Morgan fingerprint density at radius 2 is 1.90 bits per heavy atom. The number of guanidine groups is 1. The summed E-state index contributed by atoms with van der Waals surface area (Å²) in [6.07, 6.45) is 2.88. The van der Waals surface area contributed by atoms with Crippen molar-refractivity contribution in [1.29, 1.82) is 0 Å². The summed E-state index contributed by atoms with van der Waals surface area (Å²) in [4.78, 5) is 16.7. The Labute approximate surface area is 203 Å². The number of rotatable bonds is 11. The van der Waals surface area contributed by atoms with Crippen molar-refractivity contribution in [2.24, 2.45) is 4.99 Å². The van der Waals surface area contributed by atoms with E-state index in [0.717, 1.165) is 61.9 Å². The van der Waals surface area contributed by atoms with Gasteiger partial charge < -0.3 is 19.9 Å². The molecule has 1 aromatic carbocycles. The summed E-state index contributed by atoms with van der Waals surface area (Å²) in [5.74, 6) is 1.72. The number of halogens is 1. The maximum atomic E-state index is 11.9. The van der Waals surface area contributed by atoms with Gasteiger partial charge >= 0.3 is 0 Å². The van der Waals surface area contributed by atoms with E-state index < -0.39 is 0 Å². The van der Waals surface area contributed by atoms with Gasteiger partial charge in [0.25, 0.3) is 5.56 Å². The maximum absolute atomic E-state index is 11.9. The summed E-state index contributed by atoms with van der Waals surface area (Å²) in [6, 6.07) is 11.7. The highest BCUT2D eigenvalue weighted by atomic mass is 127. The first kappa shape index (κ1) is 27.0. The number of nitrogens with zero attached hydrogens (tertiary/aromatic N) is 2. The molecule has 2 aromatic rings. The SMILES string of the molecule is CCCOc1cc(C)ccc1CN=C(NCC)NCCCCn1c(C)cccc1=O.I. The molecule has 1 heterocycles. The van der Waals surface area contributed by atoms with Gasteiger partial charge in [0.15, 0.2) is 5.96 Å². The second-order valence-corrected chi connectivity index (χ2v) is 7.45. The Bertz CT molecular complexity index is 880. The predicted molar refractivity (Wildman–Crippen MR) is 140 cm³/mol. The van der Waals surface area contributed by atoms with E-state index in [4.69, 9.17) is 9.73 Å². The van der Waals surface area contributed by atoms with Crippen LogP contribution in [0.1, 0.15) is 49.9 Å². The van der Waals surface area contributed by atoms with Gasteiger partial charge in [0.2, 0.25) is 0 Å². The number of benzene rings is 1. The Balaban J connectivity index is 0.00000480. The molecular weight excluding hydrogens is 503 g/mol. The van der Waals surface area contributed by atoms with Crippen molar-refractivity contribution in [2.75, 3.05) is 19.7 Å². The third-order valence-corrected chi connectivity index (χ3v) is 4.81. The van der Waals surface area contributed by atoms with Gasteiger partial charge in [-0.3, -0.25) is 4.79 Å². The smallest absolute Gasteiger partial charge is 0.250 e. The van der Waals surface area contributed by atoms with Gasteiger partial charge in [-0.05, 0) is 57.7 Å². The topological polar surface area (TPSA) is 67.7 Å². The van der Waals surface area contributed by atoms with Crippen molar-refractivity contribution in [2.45, 2.75) is 60.0 Å². The molecule has 0 aliphatic rings. The van der Waals surface area contributed by atoms with E-state index in [1.165, 1.54) is 5.56 Å². The number of aromatic nitrogens is 1. The van der Waals surface area contributed by atoms with Crippen molar-refractivity contribution >= 4 is 29.9 Å². The summed E-state index contributed by atoms with van der Waals surface area (Å²) >= 11 is 0. The summed E-state index contributed by atoms with van der Waals surface area (Å²) in [5.41, 5.74) is 3.35. The Morgan fingerprint density at radius 3 is 2.61 bits per heavy atom. The lowest BCUT2D eigenvalue weighted by molar-refractivity contribution is 0.314. The van der Waals surface area contributed by atoms with Crippen LogP contribution in [0.2, 0.25) is 0 Å². The predicted octanol–water partition coefficient (Wildman–Crippen LogP) is 4.41. The van der Waals surface area contributed by atoms with E-state index >= 15 is 0 Å². The number of aryl methyl sites for hydroxylation is 2. The molecular formula is C24H37IN4O2. The average Bonchev–Trinajstić information content (AvgIpc) is 2.72. The number of ether oxygens (including phenoxy) is 1. The fourth-order valence-electron chi connectivity index (χ4n) is 3.16. The highest BCUT2D eigenvalue weighted by Gasteiger charge is 2.05. The average molecular weight is 540 g/mol. The first-order valence-electron chi connectivity index (χ1n) is 11.0. The second kappa shape index (κ2) is 14.9. The number of pyridine rings is 1. The van der Waals surface area contributed by atoms with E-state index in [1.54, 1.807) is 6.07 Å². The zero-order valence-corrected chi connectivity index (χ0v) is 21.6. The van der Waals surface area contributed by atoms with Crippen LogP contribution < -0.4 is 20.9 Å². The van der Waals surface area contributed by atoms with E-state index in [9.17, 15) is 4.79 Å². The largest absolute Gasteiger partial charge is 0.493 e. The molecule has 0 aliphatic carbocycles. The van der Waals surface area contributed by atoms with Crippen molar-refractivity contribution < 1.29 is 4.74 Å². The van der Waals surface area contributed by atoms with Gasteiger partial charge in [0, 0.05) is 37.0 Å². The molecule has 0 unspecified atom stereocenters. The molecule has 0 aliphatic heterocycles. The van der Waals surface area contributed by atoms with Crippen LogP contribution in [0.15, 0.2) is 46.2 Å². The molecule has 0 atom stereocenters. The van der Waals surface area contributed by atoms with Gasteiger partial charge in [0.1, 0.15) is 5.75 Å². The Hall–Kier alpha value is -2.03. The van der Waals surface area contributed by atoms with Gasteiger partial charge in [-0.1, -0.05) is 25.1 Å². The van der Waals surface area contributed by atoms with Crippen LogP contribution in [-0.4, -0.2) is 30.2 Å². The highest BCUT2D eigenvalue weighted by Crippen LogP contribution is 2.21. The third kappa shape index (κ3) is 9.33. The molecule has 31 heavy (non-hydrogen) atoms. The molecule has 0 saturated heterocycles. The number of hydrogen-bond acceptors (Lipinski definition) is 3. The molecule has 0 radical (unpaired) electrons. The fraction of sp³-hybridized carbons (Fsp3) is 0.500. The lowest BCUT2D eigenvalue weighted by Gasteiger charge is -2.14. The Morgan fingerprint density at radius 1 is 1.10 bits per heavy atom. The van der Waals surface area contributed by atoms with Crippen LogP contribution in [-0.2, 0) is 13.1 Å². The summed E-state index contributed by atoms with van der Waals surface area (Å²) in [5, 5.41) is 6.69. The van der Waals surface area contributed by atoms with E-state index in [0.29, 0.717) is 13.2 Å². The fourth-order valence-corrected chi connectivity index (χ4v) is 3.16. The Kier molecular flexibility index (Phi) is 13.0. The zero-order valence-electron chi connectivity index (χ0n) is 19.2. The molecule has 172 valence electrons. The van der Waals surface area contributed by atoms with E-state index in [-0.39, 0.29) is 29.5 Å². The number of nitrogens with one attached hydrogen (secondary N) is 2. The second-order valence-electron chi connectivity index (χ2n) is 7.45. The monoisotopic (exact) mass is 540 g/mol. The summed E-state index contributed by atoms with van der Waals surface area (Å²) in [6.45, 7) is 11.8. The first-order valence-corrected chi connectivity index (χ1v) is 11.0. The minimum Gasteiger partial charge on any atom is -0.493 e. The molecule has 0 bridgehead atoms. The molecule has 1 aromatic heterocycles. The van der Waals surface area contributed by atoms with Gasteiger partial charge in [-0.15, -0.1) is 24.0 Å². The van der Waals surface area contributed by atoms with Gasteiger partial charge in [-0.2, -0.15) is 0 Å². The van der Waals surface area contributed by atoms with Crippen molar-refractivity contribution in [3.05, 3.63) is 63.6 Å². The molecule has 2 rings (SSSR count). The minimum atomic E-state index is 0. The van der Waals surface area contributed by atoms with Crippen molar-refractivity contribution in [1.82, 2.24) is 15.2 Å².